The molecule has 1 aromatic carbocycles. The van der Waals surface area contributed by atoms with Gasteiger partial charge in [0.2, 0.25) is 0 Å². The Morgan fingerprint density at radius 2 is 1.95 bits per heavy atom. The third-order valence-electron chi connectivity index (χ3n) is 3.70. The van der Waals surface area contributed by atoms with Crippen molar-refractivity contribution in [3.05, 3.63) is 23.8 Å². The average Bonchev–Trinajstić information content (AvgIpc) is 2.53. The monoisotopic (exact) mass is 291 g/mol. The summed E-state index contributed by atoms with van der Waals surface area (Å²) < 4.78 is 11.0. The van der Waals surface area contributed by atoms with Gasteiger partial charge in [-0.3, -0.25) is 4.79 Å². The minimum absolute atomic E-state index is 0.0995. The van der Waals surface area contributed by atoms with Gasteiger partial charge in [0.05, 0.1) is 6.04 Å². The molecule has 1 N–H and O–H groups in total. The van der Waals surface area contributed by atoms with Crippen LogP contribution >= 0.6 is 0 Å². The van der Waals surface area contributed by atoms with Crippen LogP contribution in [0.25, 0.3) is 0 Å². The first-order chi connectivity index (χ1) is 10.2. The van der Waals surface area contributed by atoms with Gasteiger partial charge in [-0.15, -0.1) is 0 Å². The predicted octanol–water partition coefficient (Wildman–Crippen LogP) is 3.20. The summed E-state index contributed by atoms with van der Waals surface area (Å²) in [6.45, 7) is 6.10. The predicted molar refractivity (Wildman–Crippen MR) is 83.4 cm³/mol. The summed E-state index contributed by atoms with van der Waals surface area (Å²) in [6.07, 6.45) is 4.82. The highest BCUT2D eigenvalue weighted by atomic mass is 16.6. The lowest BCUT2D eigenvalue weighted by Crippen LogP contribution is -2.34. The molecule has 1 aliphatic rings. The number of fused-ring (bicyclic) bond motifs is 1. The first kappa shape index (κ1) is 15.8. The van der Waals surface area contributed by atoms with Crippen LogP contribution in [0.1, 0.15) is 49.9 Å². The minimum Gasteiger partial charge on any atom is -0.486 e. The molecular weight excluding hydrogens is 266 g/mol. The average molecular weight is 291 g/mol. The number of Topliss-reactive ketones (excluding diaryl/α,β-unsaturated/α-hetero) is 1. The van der Waals surface area contributed by atoms with Crippen molar-refractivity contribution >= 4 is 5.78 Å². The molecule has 0 aromatic heterocycles. The smallest absolute Gasteiger partial charge is 0.179 e. The molecular formula is C17H25NO3. The number of hydrogen-bond acceptors (Lipinski definition) is 4. The van der Waals surface area contributed by atoms with Gasteiger partial charge in [0.1, 0.15) is 13.2 Å². The molecule has 0 radical (unpaired) electrons. The van der Waals surface area contributed by atoms with Crippen LogP contribution < -0.4 is 14.8 Å². The topological polar surface area (TPSA) is 47.6 Å². The van der Waals surface area contributed by atoms with Crippen LogP contribution in [0.3, 0.4) is 0 Å². The summed E-state index contributed by atoms with van der Waals surface area (Å²) in [4.78, 5) is 12.4. The van der Waals surface area contributed by atoms with Crippen molar-refractivity contribution < 1.29 is 14.3 Å². The van der Waals surface area contributed by atoms with Gasteiger partial charge in [0.15, 0.2) is 17.3 Å². The maximum atomic E-state index is 12.4. The fourth-order valence-corrected chi connectivity index (χ4v) is 2.41. The van der Waals surface area contributed by atoms with E-state index in [4.69, 9.17) is 9.47 Å². The molecule has 0 aliphatic carbocycles. The zero-order valence-electron chi connectivity index (χ0n) is 13.0. The maximum Gasteiger partial charge on any atom is 0.179 e. The van der Waals surface area contributed by atoms with E-state index in [9.17, 15) is 4.79 Å². The molecule has 1 unspecified atom stereocenters. The molecule has 0 bridgehead atoms. The number of nitrogens with one attached hydrogen (secondary N) is 1. The zero-order valence-corrected chi connectivity index (χ0v) is 13.0. The van der Waals surface area contributed by atoms with Crippen molar-refractivity contribution in [2.45, 2.75) is 45.6 Å². The molecule has 1 heterocycles. The minimum atomic E-state index is -0.172. The Morgan fingerprint density at radius 3 is 2.71 bits per heavy atom. The largest absolute Gasteiger partial charge is 0.486 e. The van der Waals surface area contributed by atoms with Gasteiger partial charge in [-0.1, -0.05) is 26.2 Å². The molecule has 4 heteroatoms. The highest BCUT2D eigenvalue weighted by Gasteiger charge is 2.18. The van der Waals surface area contributed by atoms with Crippen molar-refractivity contribution in [2.24, 2.45) is 0 Å². The molecule has 0 spiro atoms. The van der Waals surface area contributed by atoms with Crippen molar-refractivity contribution in [1.82, 2.24) is 5.32 Å². The van der Waals surface area contributed by atoms with Crippen LogP contribution in [0.4, 0.5) is 0 Å². The Bertz CT molecular complexity index is 473. The summed E-state index contributed by atoms with van der Waals surface area (Å²) in [5.41, 5.74) is 0.674. The summed E-state index contributed by atoms with van der Waals surface area (Å²) in [7, 11) is 0. The van der Waals surface area contributed by atoms with Crippen LogP contribution in [0.2, 0.25) is 0 Å². The van der Waals surface area contributed by atoms with E-state index >= 15 is 0 Å². The van der Waals surface area contributed by atoms with E-state index in [2.05, 4.69) is 12.2 Å². The first-order valence-corrected chi connectivity index (χ1v) is 7.89. The number of carbonyl (C=O) groups excluding carboxylic acids is 1. The normalized spacial score (nSPS) is 14.8. The van der Waals surface area contributed by atoms with Crippen molar-refractivity contribution in [1.29, 1.82) is 0 Å². The second-order valence-electron chi connectivity index (χ2n) is 5.46. The van der Waals surface area contributed by atoms with E-state index in [0.717, 1.165) is 18.7 Å². The molecule has 116 valence electrons. The van der Waals surface area contributed by atoms with E-state index in [0.29, 0.717) is 24.5 Å². The Morgan fingerprint density at radius 1 is 1.19 bits per heavy atom. The Labute approximate surface area is 126 Å². The number of unbranched alkanes of at least 4 members (excludes halogenated alkanes) is 3. The lowest BCUT2D eigenvalue weighted by molar-refractivity contribution is 0.0949. The molecule has 0 amide bonds. The van der Waals surface area contributed by atoms with E-state index < -0.39 is 0 Å². The second kappa shape index (κ2) is 8.03. The van der Waals surface area contributed by atoms with Gasteiger partial charge >= 0.3 is 0 Å². The van der Waals surface area contributed by atoms with Crippen LogP contribution in [-0.4, -0.2) is 31.6 Å². The Hall–Kier alpha value is -1.55. The summed E-state index contributed by atoms with van der Waals surface area (Å²) in [6, 6.07) is 5.24. The SMILES string of the molecule is CCCCCCNC(C)C(=O)c1ccc2c(c1)OCCO2. The van der Waals surface area contributed by atoms with E-state index in [1.807, 2.05) is 19.1 Å². The van der Waals surface area contributed by atoms with Crippen molar-refractivity contribution in [3.8, 4) is 11.5 Å². The van der Waals surface area contributed by atoms with Crippen LogP contribution in [-0.2, 0) is 0 Å². The van der Waals surface area contributed by atoms with Crippen molar-refractivity contribution in [3.63, 3.8) is 0 Å². The number of benzene rings is 1. The molecule has 0 saturated carbocycles. The molecule has 0 saturated heterocycles. The molecule has 21 heavy (non-hydrogen) atoms. The molecule has 0 fully saturated rings. The summed E-state index contributed by atoms with van der Waals surface area (Å²) >= 11 is 0. The first-order valence-electron chi connectivity index (χ1n) is 7.89. The number of ether oxygens (including phenoxy) is 2. The lowest BCUT2D eigenvalue weighted by atomic mass is 10.0. The van der Waals surface area contributed by atoms with Crippen LogP contribution in [0, 0.1) is 0 Å². The summed E-state index contributed by atoms with van der Waals surface area (Å²) in [5.74, 6) is 1.49. The van der Waals surface area contributed by atoms with Gasteiger partial charge < -0.3 is 14.8 Å². The van der Waals surface area contributed by atoms with Gasteiger partial charge in [0, 0.05) is 5.56 Å². The molecule has 1 aromatic rings. The van der Waals surface area contributed by atoms with E-state index in [1.54, 1.807) is 6.07 Å². The van der Waals surface area contributed by atoms with E-state index in [-0.39, 0.29) is 11.8 Å². The third-order valence-corrected chi connectivity index (χ3v) is 3.70. The maximum absolute atomic E-state index is 12.4. The highest BCUT2D eigenvalue weighted by Crippen LogP contribution is 2.31. The number of rotatable bonds is 8. The Kier molecular flexibility index (Phi) is 6.05. The fraction of sp³-hybridized carbons (Fsp3) is 0.588. The Balaban J connectivity index is 1.87. The molecule has 1 aliphatic heterocycles. The standard InChI is InChI=1S/C17H25NO3/c1-3-4-5-6-9-18-13(2)17(19)14-7-8-15-16(12-14)21-11-10-20-15/h7-8,12-13,18H,3-6,9-11H2,1-2H3. The van der Waals surface area contributed by atoms with E-state index in [1.165, 1.54) is 19.3 Å². The second-order valence-corrected chi connectivity index (χ2v) is 5.46. The van der Waals surface area contributed by atoms with Crippen LogP contribution in [0.15, 0.2) is 18.2 Å². The zero-order chi connectivity index (χ0) is 15.1. The molecule has 2 rings (SSSR count). The fourth-order valence-electron chi connectivity index (χ4n) is 2.41. The van der Waals surface area contributed by atoms with Crippen LogP contribution in [0.5, 0.6) is 11.5 Å². The van der Waals surface area contributed by atoms with Gasteiger partial charge in [-0.25, -0.2) is 0 Å². The highest BCUT2D eigenvalue weighted by molar-refractivity contribution is 6.00. The molecule has 1 atom stereocenters. The lowest BCUT2D eigenvalue weighted by Gasteiger charge is -2.19. The number of carbonyl (C=O) groups is 1. The van der Waals surface area contributed by atoms with Gasteiger partial charge in [-0.2, -0.15) is 0 Å². The third kappa shape index (κ3) is 4.46. The molecule has 4 nitrogen and oxygen atoms in total. The van der Waals surface area contributed by atoms with Crippen molar-refractivity contribution in [2.75, 3.05) is 19.8 Å². The number of hydrogen-bond donors (Lipinski definition) is 1. The van der Waals surface area contributed by atoms with Gasteiger partial charge in [0.25, 0.3) is 0 Å². The van der Waals surface area contributed by atoms with Gasteiger partial charge in [-0.05, 0) is 38.1 Å². The number of ketones is 1. The quantitative estimate of drug-likeness (QED) is 0.590. The summed E-state index contributed by atoms with van der Waals surface area (Å²) in [5, 5.41) is 3.30.